The normalized spacial score (nSPS) is 11.2. The molecule has 0 aliphatic carbocycles. The van der Waals surface area contributed by atoms with E-state index in [1.807, 2.05) is 20.8 Å². The summed E-state index contributed by atoms with van der Waals surface area (Å²) in [5, 5.41) is 10.1. The fourth-order valence-corrected chi connectivity index (χ4v) is 0.944. The number of aromatic nitrogens is 2. The predicted molar refractivity (Wildman–Crippen MR) is 61.4 cm³/mol. The number of carbonyl (C=O) groups is 1. The van der Waals surface area contributed by atoms with Crippen LogP contribution in [-0.4, -0.2) is 28.3 Å². The Bertz CT molecular complexity index is 359. The Kier molecular flexibility index (Phi) is 4.20. The summed E-state index contributed by atoms with van der Waals surface area (Å²) >= 11 is 5.56. The fourth-order valence-electron chi connectivity index (χ4n) is 0.844. The highest BCUT2D eigenvalue weighted by Crippen LogP contribution is 2.08. The number of nitrogens with zero attached hydrogens (tertiary/aromatic N) is 2. The molecule has 0 saturated heterocycles. The first kappa shape index (κ1) is 12.9. The first-order valence-electron chi connectivity index (χ1n) is 4.80. The van der Waals surface area contributed by atoms with E-state index in [2.05, 4.69) is 15.5 Å². The Hall–Kier alpha value is -1.20. The number of carbonyl (C=O) groups excluding carboxylic acids is 1. The maximum absolute atomic E-state index is 11.4. The van der Waals surface area contributed by atoms with Crippen molar-refractivity contribution in [3.63, 3.8) is 0 Å². The summed E-state index contributed by atoms with van der Waals surface area (Å²) in [6, 6.07) is 3.12. The van der Waals surface area contributed by atoms with E-state index in [-0.39, 0.29) is 23.3 Å². The van der Waals surface area contributed by atoms with Gasteiger partial charge in [-0.25, -0.2) is 0 Å². The summed E-state index contributed by atoms with van der Waals surface area (Å²) in [4.78, 5) is 11.4. The molecule has 0 atom stereocenters. The van der Waals surface area contributed by atoms with Crippen molar-refractivity contribution in [3.8, 4) is 0 Å². The zero-order chi connectivity index (χ0) is 12.2. The third-order valence-electron chi connectivity index (χ3n) is 1.54. The molecule has 1 aromatic rings. The number of nitrogens with one attached hydrogen (secondary N) is 1. The Morgan fingerprint density at radius 1 is 1.44 bits per heavy atom. The zero-order valence-electron chi connectivity index (χ0n) is 9.45. The van der Waals surface area contributed by atoms with Crippen molar-refractivity contribution in [1.82, 2.24) is 10.2 Å². The molecule has 0 bridgehead atoms. The zero-order valence-corrected chi connectivity index (χ0v) is 10.2. The Balaban J connectivity index is 2.43. The molecule has 1 N–H and O–H groups in total. The van der Waals surface area contributed by atoms with Gasteiger partial charge in [0.1, 0.15) is 6.61 Å². The van der Waals surface area contributed by atoms with Crippen LogP contribution >= 0.6 is 11.6 Å². The highest BCUT2D eigenvalue weighted by Gasteiger charge is 2.13. The molecule has 1 rings (SSSR count). The summed E-state index contributed by atoms with van der Waals surface area (Å²) in [6.07, 6.45) is 0. The maximum atomic E-state index is 11.4. The monoisotopic (exact) mass is 243 g/mol. The third kappa shape index (κ3) is 5.04. The van der Waals surface area contributed by atoms with Gasteiger partial charge in [0, 0.05) is 0 Å². The molecule has 0 fully saturated rings. The van der Waals surface area contributed by atoms with Gasteiger partial charge in [0.15, 0.2) is 11.0 Å². The van der Waals surface area contributed by atoms with Crippen LogP contribution < -0.4 is 5.32 Å². The molecular formula is C10H14ClN3O2. The van der Waals surface area contributed by atoms with Gasteiger partial charge in [-0.1, -0.05) is 11.6 Å². The summed E-state index contributed by atoms with van der Waals surface area (Å²) in [5.41, 5.74) is -0.344. The second kappa shape index (κ2) is 5.23. The minimum atomic E-state index is -0.344. The average molecular weight is 244 g/mol. The van der Waals surface area contributed by atoms with Crippen molar-refractivity contribution >= 4 is 23.3 Å². The van der Waals surface area contributed by atoms with Gasteiger partial charge in [0.2, 0.25) is 0 Å². The summed E-state index contributed by atoms with van der Waals surface area (Å²) in [5.74, 6) is 0.0819. The van der Waals surface area contributed by atoms with Crippen molar-refractivity contribution in [3.05, 3.63) is 17.3 Å². The topological polar surface area (TPSA) is 64.1 Å². The molecule has 88 valence electrons. The maximum Gasteiger partial charge on any atom is 0.251 e. The van der Waals surface area contributed by atoms with Crippen molar-refractivity contribution in [2.24, 2.45) is 0 Å². The van der Waals surface area contributed by atoms with E-state index in [0.717, 1.165) is 0 Å². The van der Waals surface area contributed by atoms with E-state index < -0.39 is 0 Å². The van der Waals surface area contributed by atoms with Gasteiger partial charge < -0.3 is 10.1 Å². The lowest BCUT2D eigenvalue weighted by molar-refractivity contribution is -0.125. The molecule has 6 heteroatoms. The third-order valence-corrected chi connectivity index (χ3v) is 1.74. The van der Waals surface area contributed by atoms with Gasteiger partial charge in [-0.3, -0.25) is 4.79 Å². The van der Waals surface area contributed by atoms with Crippen LogP contribution in [0.2, 0.25) is 5.15 Å². The summed E-state index contributed by atoms with van der Waals surface area (Å²) < 4.78 is 5.30. The smallest absolute Gasteiger partial charge is 0.251 e. The number of rotatable bonds is 3. The van der Waals surface area contributed by atoms with E-state index in [1.165, 1.54) is 0 Å². The van der Waals surface area contributed by atoms with Crippen LogP contribution in [-0.2, 0) is 9.53 Å². The molecule has 0 saturated carbocycles. The van der Waals surface area contributed by atoms with Gasteiger partial charge in [-0.15, -0.1) is 10.2 Å². The number of anilines is 1. The number of ether oxygens (including phenoxy) is 1. The second-order valence-electron chi connectivity index (χ2n) is 4.19. The molecule has 0 spiro atoms. The van der Waals surface area contributed by atoms with E-state index in [1.54, 1.807) is 12.1 Å². The number of hydrogen-bond donors (Lipinski definition) is 1. The van der Waals surface area contributed by atoms with Gasteiger partial charge in [-0.05, 0) is 32.9 Å². The van der Waals surface area contributed by atoms with Crippen molar-refractivity contribution < 1.29 is 9.53 Å². The lowest BCUT2D eigenvalue weighted by Crippen LogP contribution is -2.27. The predicted octanol–water partition coefficient (Wildman–Crippen LogP) is 1.88. The van der Waals surface area contributed by atoms with Crippen LogP contribution in [0.1, 0.15) is 20.8 Å². The largest absolute Gasteiger partial charge is 0.366 e. The fraction of sp³-hybridized carbons (Fsp3) is 0.500. The molecule has 1 amide bonds. The lowest BCUT2D eigenvalue weighted by Gasteiger charge is -2.18. The van der Waals surface area contributed by atoms with Crippen LogP contribution in [0.5, 0.6) is 0 Å². The minimum Gasteiger partial charge on any atom is -0.366 e. The van der Waals surface area contributed by atoms with Crippen LogP contribution in [0.15, 0.2) is 12.1 Å². The van der Waals surface area contributed by atoms with E-state index in [9.17, 15) is 4.79 Å². The molecule has 5 nitrogen and oxygen atoms in total. The first-order valence-corrected chi connectivity index (χ1v) is 5.18. The standard InChI is InChI=1S/C10H14ClN3O2/c1-10(2,3)16-6-9(15)12-8-5-4-7(11)13-14-8/h4-5H,6H2,1-3H3,(H,12,14,15). The Labute approximate surface area is 99.2 Å². The van der Waals surface area contributed by atoms with Crippen molar-refractivity contribution in [1.29, 1.82) is 0 Å². The van der Waals surface area contributed by atoms with E-state index in [0.29, 0.717) is 5.82 Å². The average Bonchev–Trinajstić information content (AvgIpc) is 2.18. The Morgan fingerprint density at radius 2 is 2.12 bits per heavy atom. The van der Waals surface area contributed by atoms with Gasteiger partial charge in [0.05, 0.1) is 5.60 Å². The lowest BCUT2D eigenvalue weighted by atomic mass is 10.2. The first-order chi connectivity index (χ1) is 7.37. The van der Waals surface area contributed by atoms with Crippen LogP contribution in [0.4, 0.5) is 5.82 Å². The number of amides is 1. The van der Waals surface area contributed by atoms with Crippen LogP contribution in [0.25, 0.3) is 0 Å². The Morgan fingerprint density at radius 3 is 2.62 bits per heavy atom. The molecule has 0 aliphatic rings. The molecule has 0 radical (unpaired) electrons. The summed E-state index contributed by atoms with van der Waals surface area (Å²) in [6.45, 7) is 5.61. The SMILES string of the molecule is CC(C)(C)OCC(=O)Nc1ccc(Cl)nn1. The highest BCUT2D eigenvalue weighted by atomic mass is 35.5. The molecule has 1 heterocycles. The molecule has 0 aromatic carbocycles. The molecular weight excluding hydrogens is 230 g/mol. The molecule has 16 heavy (non-hydrogen) atoms. The number of hydrogen-bond acceptors (Lipinski definition) is 4. The molecule has 0 aliphatic heterocycles. The molecule has 1 aromatic heterocycles. The highest BCUT2D eigenvalue weighted by molar-refractivity contribution is 6.29. The van der Waals surface area contributed by atoms with Gasteiger partial charge >= 0.3 is 0 Å². The van der Waals surface area contributed by atoms with E-state index in [4.69, 9.17) is 16.3 Å². The number of halogens is 1. The van der Waals surface area contributed by atoms with Crippen LogP contribution in [0, 0.1) is 0 Å². The van der Waals surface area contributed by atoms with Crippen molar-refractivity contribution in [2.75, 3.05) is 11.9 Å². The van der Waals surface area contributed by atoms with Crippen molar-refractivity contribution in [2.45, 2.75) is 26.4 Å². The molecule has 0 unspecified atom stereocenters. The second-order valence-corrected chi connectivity index (χ2v) is 4.58. The minimum absolute atomic E-state index is 0.0200. The van der Waals surface area contributed by atoms with Gasteiger partial charge in [-0.2, -0.15) is 0 Å². The quantitative estimate of drug-likeness (QED) is 0.881. The van der Waals surface area contributed by atoms with Crippen LogP contribution in [0.3, 0.4) is 0 Å². The summed E-state index contributed by atoms with van der Waals surface area (Å²) in [7, 11) is 0. The van der Waals surface area contributed by atoms with Gasteiger partial charge in [0.25, 0.3) is 5.91 Å². The van der Waals surface area contributed by atoms with E-state index >= 15 is 0 Å².